The maximum atomic E-state index is 6.76. The van der Waals surface area contributed by atoms with Crippen LogP contribution in [0.3, 0.4) is 0 Å². The largest absolute Gasteiger partial charge is 0.467 e. The molecule has 1 aliphatic rings. The van der Waals surface area contributed by atoms with Gasteiger partial charge in [0.05, 0.1) is 39.6 Å². The van der Waals surface area contributed by atoms with Crippen molar-refractivity contribution >= 4 is 28.4 Å². The molecule has 1 aliphatic heterocycles. The van der Waals surface area contributed by atoms with E-state index in [1.165, 1.54) is 95.2 Å². The van der Waals surface area contributed by atoms with E-state index >= 15 is 0 Å². The third-order valence-electron chi connectivity index (χ3n) is 10.7. The Bertz CT molecular complexity index is 1450. The summed E-state index contributed by atoms with van der Waals surface area (Å²) in [6.45, 7) is 4.97. The summed E-state index contributed by atoms with van der Waals surface area (Å²) < 4.78 is 51.8. The second-order valence-corrected chi connectivity index (χ2v) is 16.9. The van der Waals surface area contributed by atoms with Crippen LogP contribution in [0.1, 0.15) is 114 Å². The lowest BCUT2D eigenvalue weighted by Gasteiger charge is -2.45. The Labute approximate surface area is 365 Å². The Morgan fingerprint density at radius 1 is 0.593 bits per heavy atom. The van der Waals surface area contributed by atoms with Gasteiger partial charge in [-0.2, -0.15) is 0 Å². The number of benzene rings is 3. The second-order valence-electron chi connectivity index (χ2n) is 15.5. The van der Waals surface area contributed by atoms with Crippen LogP contribution in [0.5, 0.6) is 0 Å². The van der Waals surface area contributed by atoms with Gasteiger partial charge in [0, 0.05) is 13.7 Å². The summed E-state index contributed by atoms with van der Waals surface area (Å²) in [5.41, 5.74) is 3.13. The first kappa shape index (κ1) is 49.3. The molecule has 0 amide bonds. The van der Waals surface area contributed by atoms with E-state index < -0.39 is 30.7 Å². The summed E-state index contributed by atoms with van der Waals surface area (Å²) in [6.07, 6.45) is 16.9. The minimum atomic E-state index is -0.855. The predicted octanol–water partition coefficient (Wildman–Crippen LogP) is 11.7. The van der Waals surface area contributed by atoms with Crippen LogP contribution in [-0.4, -0.2) is 81.0 Å². The van der Waals surface area contributed by atoms with Crippen molar-refractivity contribution in [1.82, 2.24) is 0 Å². The first-order valence-electron chi connectivity index (χ1n) is 22.2. The third-order valence-corrected chi connectivity index (χ3v) is 11.7. The highest BCUT2D eigenvalue weighted by Gasteiger charge is 2.50. The molecule has 0 unspecified atom stereocenters. The fourth-order valence-corrected chi connectivity index (χ4v) is 7.54. The first-order valence-corrected chi connectivity index (χ1v) is 23.8. The quantitative estimate of drug-likeness (QED) is 0.0448. The van der Waals surface area contributed by atoms with E-state index in [0.29, 0.717) is 37.4 Å². The monoisotopic (exact) mass is 852 g/mol. The number of hydrogen-bond acceptors (Lipinski definition) is 10. The molecule has 328 valence electrons. The molecule has 6 atom stereocenters. The van der Waals surface area contributed by atoms with Crippen LogP contribution in [0.2, 0.25) is 0 Å². The molecule has 3 aromatic carbocycles. The third kappa shape index (κ3) is 20.4. The molecule has 10 heteroatoms. The molecule has 59 heavy (non-hydrogen) atoms. The Morgan fingerprint density at radius 2 is 1.08 bits per heavy atom. The highest BCUT2D eigenvalue weighted by Crippen LogP contribution is 2.32. The molecule has 0 aromatic heterocycles. The first-order chi connectivity index (χ1) is 29.1. The Balaban J connectivity index is 1.33. The second kappa shape index (κ2) is 31.5. The van der Waals surface area contributed by atoms with Crippen molar-refractivity contribution in [3.8, 4) is 0 Å². The number of thioether (sulfide) groups is 1. The zero-order valence-corrected chi connectivity index (χ0v) is 37.7. The van der Waals surface area contributed by atoms with Crippen molar-refractivity contribution in [2.24, 2.45) is 0 Å². The smallest absolute Gasteiger partial charge is 0.220 e. The van der Waals surface area contributed by atoms with Crippen LogP contribution < -0.4 is 0 Å². The van der Waals surface area contributed by atoms with E-state index in [4.69, 9.17) is 50.1 Å². The van der Waals surface area contributed by atoms with Crippen molar-refractivity contribution in [2.75, 3.05) is 39.8 Å². The molecule has 0 aliphatic carbocycles. The van der Waals surface area contributed by atoms with Gasteiger partial charge in [0.2, 0.25) is 4.38 Å². The number of unbranched alkanes of at least 4 members (excludes halogenated alkanes) is 13. The number of rotatable bonds is 32. The zero-order valence-electron chi connectivity index (χ0n) is 36.1. The molecule has 1 saturated heterocycles. The van der Waals surface area contributed by atoms with Gasteiger partial charge in [-0.15, -0.1) is 0 Å². The standard InChI is InChI=1S/C49H72O8S2/c1-4-5-6-7-8-9-10-11-12-13-14-15-16-26-33-51-37-43(50-2)38-55-48-47(57-49(58)59-3)46(54-36-42-31-24-19-25-32-42)45(53-35-41-29-22-18-23-30-41)44(56-48)39-52-34-40-27-20-17-21-28-40/h17-25,27-32,43-48H,4-16,26,33-39H2,1-3H3/t43-,44-,45-,46+,47+,48+/m1/s1. The van der Waals surface area contributed by atoms with Gasteiger partial charge >= 0.3 is 0 Å². The predicted molar refractivity (Wildman–Crippen MR) is 244 cm³/mol. The maximum absolute atomic E-state index is 6.76. The summed E-state index contributed by atoms with van der Waals surface area (Å²) in [7, 11) is 1.68. The summed E-state index contributed by atoms with van der Waals surface area (Å²) in [6, 6.07) is 30.2. The van der Waals surface area contributed by atoms with Crippen LogP contribution in [0.15, 0.2) is 91.0 Å². The van der Waals surface area contributed by atoms with Gasteiger partial charge in [-0.1, -0.05) is 193 Å². The zero-order chi connectivity index (χ0) is 41.6. The van der Waals surface area contributed by atoms with Crippen molar-refractivity contribution in [3.63, 3.8) is 0 Å². The van der Waals surface area contributed by atoms with Crippen molar-refractivity contribution < 1.29 is 37.9 Å². The summed E-state index contributed by atoms with van der Waals surface area (Å²) >= 11 is 6.98. The number of ether oxygens (including phenoxy) is 8. The van der Waals surface area contributed by atoms with Crippen LogP contribution in [-0.2, 0) is 57.7 Å². The lowest BCUT2D eigenvalue weighted by molar-refractivity contribution is -0.318. The molecule has 0 bridgehead atoms. The van der Waals surface area contributed by atoms with Gasteiger partial charge in [-0.25, -0.2) is 0 Å². The SMILES string of the molecule is CCCCCCCCCCCCCCCCOC[C@H](CO[C@H]1O[C@H](COCc2ccccc2)[C@@H](OCc2ccccc2)[C@H](OCc2ccccc2)[C@@H]1OC(=S)SC)OC. The molecule has 1 heterocycles. The van der Waals surface area contributed by atoms with Gasteiger partial charge in [-0.05, 0) is 41.6 Å². The average Bonchev–Trinajstić information content (AvgIpc) is 3.27. The van der Waals surface area contributed by atoms with Crippen LogP contribution in [0.25, 0.3) is 0 Å². The maximum Gasteiger partial charge on any atom is 0.220 e. The van der Waals surface area contributed by atoms with Crippen molar-refractivity contribution in [2.45, 2.75) is 153 Å². The molecule has 0 saturated carbocycles. The lowest BCUT2D eigenvalue weighted by atomic mass is 9.98. The lowest BCUT2D eigenvalue weighted by Crippen LogP contribution is -2.62. The normalized spacial score (nSPS) is 19.7. The Hall–Kier alpha value is -2.38. The molecular weight excluding hydrogens is 781 g/mol. The molecule has 4 rings (SSSR count). The minimum Gasteiger partial charge on any atom is -0.467 e. The van der Waals surface area contributed by atoms with E-state index in [9.17, 15) is 0 Å². The molecule has 0 N–H and O–H groups in total. The fourth-order valence-electron chi connectivity index (χ4n) is 7.22. The molecular formula is C49H72O8S2. The molecule has 8 nitrogen and oxygen atoms in total. The van der Waals surface area contributed by atoms with Crippen LogP contribution in [0, 0.1) is 0 Å². The Morgan fingerprint density at radius 3 is 1.59 bits per heavy atom. The Kier molecular flexibility index (Phi) is 26.3. The van der Waals surface area contributed by atoms with E-state index in [2.05, 4.69) is 6.92 Å². The van der Waals surface area contributed by atoms with E-state index in [0.717, 1.165) is 23.1 Å². The van der Waals surface area contributed by atoms with E-state index in [1.54, 1.807) is 7.11 Å². The summed E-state index contributed by atoms with van der Waals surface area (Å²) in [5, 5.41) is 0. The van der Waals surface area contributed by atoms with Gasteiger partial charge in [-0.3, -0.25) is 0 Å². The van der Waals surface area contributed by atoms with Gasteiger partial charge < -0.3 is 37.9 Å². The van der Waals surface area contributed by atoms with Crippen molar-refractivity contribution in [3.05, 3.63) is 108 Å². The van der Waals surface area contributed by atoms with Crippen LogP contribution in [0.4, 0.5) is 0 Å². The molecule has 0 radical (unpaired) electrons. The molecule has 0 spiro atoms. The minimum absolute atomic E-state index is 0.227. The number of hydrogen-bond donors (Lipinski definition) is 0. The highest BCUT2D eigenvalue weighted by atomic mass is 32.2. The highest BCUT2D eigenvalue weighted by molar-refractivity contribution is 8.22. The molecule has 1 fully saturated rings. The van der Waals surface area contributed by atoms with Gasteiger partial charge in [0.15, 0.2) is 12.4 Å². The topological polar surface area (TPSA) is 73.8 Å². The van der Waals surface area contributed by atoms with Gasteiger partial charge in [0.1, 0.15) is 24.4 Å². The summed E-state index contributed by atoms with van der Waals surface area (Å²) in [5.74, 6) is 0. The fraction of sp³-hybridized carbons (Fsp3) is 0.612. The molecule has 3 aromatic rings. The number of thiocarbonyl (C=S) groups is 1. The van der Waals surface area contributed by atoms with E-state index in [-0.39, 0.29) is 19.3 Å². The average molecular weight is 853 g/mol. The number of methoxy groups -OCH3 is 1. The van der Waals surface area contributed by atoms with Crippen molar-refractivity contribution in [1.29, 1.82) is 0 Å². The van der Waals surface area contributed by atoms with Crippen LogP contribution >= 0.6 is 24.0 Å². The van der Waals surface area contributed by atoms with E-state index in [1.807, 2.05) is 97.3 Å². The summed E-state index contributed by atoms with van der Waals surface area (Å²) in [4.78, 5) is 0. The van der Waals surface area contributed by atoms with Gasteiger partial charge in [0.25, 0.3) is 0 Å².